The molecule has 0 aliphatic rings. The average molecular weight is 388 g/mol. The molecule has 0 bridgehead atoms. The Labute approximate surface area is 160 Å². The molecule has 0 spiro atoms. The molecular weight excluding hydrogens is 370 g/mol. The van der Waals surface area contributed by atoms with E-state index in [1.54, 1.807) is 6.07 Å². The van der Waals surface area contributed by atoms with Gasteiger partial charge >= 0.3 is 0 Å². The SMILES string of the molecule is CCc1ccc(NC(=O)CSc2nnc(-c3ccccc3Cl)n2N)cc1. The van der Waals surface area contributed by atoms with Crippen LogP contribution in [0.5, 0.6) is 0 Å². The normalized spacial score (nSPS) is 10.7. The molecular formula is C18H18ClN5OS. The number of nitrogen functional groups attached to an aromatic ring is 1. The first-order valence-corrected chi connectivity index (χ1v) is 9.42. The number of carbonyl (C=O) groups is 1. The smallest absolute Gasteiger partial charge is 0.234 e. The molecule has 26 heavy (non-hydrogen) atoms. The molecule has 1 aromatic heterocycles. The second-order valence-electron chi connectivity index (χ2n) is 5.54. The highest BCUT2D eigenvalue weighted by atomic mass is 35.5. The molecule has 0 aliphatic carbocycles. The molecule has 3 N–H and O–H groups in total. The lowest BCUT2D eigenvalue weighted by Crippen LogP contribution is -2.16. The van der Waals surface area contributed by atoms with E-state index in [0.717, 1.165) is 12.1 Å². The molecule has 0 aliphatic heterocycles. The number of rotatable bonds is 6. The fourth-order valence-corrected chi connectivity index (χ4v) is 3.23. The van der Waals surface area contributed by atoms with Crippen LogP contribution in [0, 0.1) is 0 Å². The number of nitrogens with zero attached hydrogens (tertiary/aromatic N) is 3. The highest BCUT2D eigenvalue weighted by molar-refractivity contribution is 7.99. The summed E-state index contributed by atoms with van der Waals surface area (Å²) in [5.74, 6) is 6.54. The number of nitrogens with one attached hydrogen (secondary N) is 1. The largest absolute Gasteiger partial charge is 0.335 e. The van der Waals surface area contributed by atoms with Crippen LogP contribution in [0.4, 0.5) is 5.69 Å². The summed E-state index contributed by atoms with van der Waals surface area (Å²) in [5, 5.41) is 12.0. The Morgan fingerprint density at radius 2 is 1.92 bits per heavy atom. The lowest BCUT2D eigenvalue weighted by molar-refractivity contribution is -0.113. The summed E-state index contributed by atoms with van der Waals surface area (Å²) in [6, 6.07) is 15.0. The number of halogens is 1. The third-order valence-electron chi connectivity index (χ3n) is 3.76. The van der Waals surface area contributed by atoms with Crippen LogP contribution in [0.2, 0.25) is 5.02 Å². The Kier molecular flexibility index (Phi) is 5.80. The molecule has 0 saturated carbocycles. The summed E-state index contributed by atoms with van der Waals surface area (Å²) in [5.41, 5.74) is 2.68. The first kappa shape index (κ1) is 18.3. The lowest BCUT2D eigenvalue weighted by Gasteiger charge is -2.07. The van der Waals surface area contributed by atoms with Crippen molar-refractivity contribution in [3.63, 3.8) is 0 Å². The quantitative estimate of drug-likeness (QED) is 0.498. The van der Waals surface area contributed by atoms with E-state index in [-0.39, 0.29) is 11.7 Å². The predicted molar refractivity (Wildman–Crippen MR) is 106 cm³/mol. The van der Waals surface area contributed by atoms with Crippen molar-refractivity contribution in [2.45, 2.75) is 18.5 Å². The monoisotopic (exact) mass is 387 g/mol. The standard InChI is InChI=1S/C18H18ClN5OS/c1-2-12-7-9-13(10-8-12)21-16(25)11-26-18-23-22-17(24(18)20)14-5-3-4-6-15(14)19/h3-10H,2,11,20H2,1H3,(H,21,25). The highest BCUT2D eigenvalue weighted by Gasteiger charge is 2.15. The number of nitrogens with two attached hydrogens (primary N) is 1. The average Bonchev–Trinajstić information content (AvgIpc) is 3.01. The third-order valence-corrected chi connectivity index (χ3v) is 5.03. The van der Waals surface area contributed by atoms with E-state index < -0.39 is 0 Å². The second kappa shape index (κ2) is 8.25. The zero-order valence-electron chi connectivity index (χ0n) is 14.1. The Balaban J connectivity index is 1.63. The van der Waals surface area contributed by atoms with Gasteiger partial charge in [0.25, 0.3) is 0 Å². The molecule has 3 aromatic rings. The molecule has 1 heterocycles. The molecule has 3 rings (SSSR count). The van der Waals surface area contributed by atoms with Crippen LogP contribution >= 0.6 is 23.4 Å². The van der Waals surface area contributed by atoms with E-state index in [4.69, 9.17) is 17.4 Å². The molecule has 0 fully saturated rings. The van der Waals surface area contributed by atoms with Crippen LogP contribution in [0.3, 0.4) is 0 Å². The van der Waals surface area contributed by atoms with Crippen LogP contribution in [-0.4, -0.2) is 26.5 Å². The number of thioether (sulfide) groups is 1. The molecule has 0 unspecified atom stereocenters. The number of carbonyl (C=O) groups excluding carboxylic acids is 1. The minimum atomic E-state index is -0.137. The van der Waals surface area contributed by atoms with E-state index in [0.29, 0.717) is 21.6 Å². The van der Waals surface area contributed by atoms with E-state index in [2.05, 4.69) is 22.4 Å². The molecule has 0 radical (unpaired) electrons. The number of aryl methyl sites for hydroxylation is 1. The fraction of sp³-hybridized carbons (Fsp3) is 0.167. The van der Waals surface area contributed by atoms with Crippen molar-refractivity contribution >= 4 is 35.0 Å². The van der Waals surface area contributed by atoms with Crippen molar-refractivity contribution in [1.82, 2.24) is 14.9 Å². The number of anilines is 1. The van der Waals surface area contributed by atoms with Crippen molar-refractivity contribution in [3.05, 3.63) is 59.1 Å². The summed E-state index contributed by atoms with van der Waals surface area (Å²) in [6.07, 6.45) is 0.962. The summed E-state index contributed by atoms with van der Waals surface area (Å²) >= 11 is 7.38. The van der Waals surface area contributed by atoms with Crippen molar-refractivity contribution in [2.24, 2.45) is 0 Å². The zero-order valence-corrected chi connectivity index (χ0v) is 15.7. The van der Waals surface area contributed by atoms with Crippen LogP contribution in [0.25, 0.3) is 11.4 Å². The molecule has 1 amide bonds. The summed E-state index contributed by atoms with van der Waals surface area (Å²) in [6.45, 7) is 2.09. The highest BCUT2D eigenvalue weighted by Crippen LogP contribution is 2.27. The maximum atomic E-state index is 12.1. The minimum absolute atomic E-state index is 0.137. The first-order valence-electron chi connectivity index (χ1n) is 8.05. The number of hydrogen-bond acceptors (Lipinski definition) is 5. The van der Waals surface area contributed by atoms with E-state index in [1.807, 2.05) is 42.5 Å². The molecule has 6 nitrogen and oxygen atoms in total. The van der Waals surface area contributed by atoms with E-state index in [1.165, 1.54) is 22.0 Å². The van der Waals surface area contributed by atoms with Gasteiger partial charge in [0.2, 0.25) is 11.1 Å². The van der Waals surface area contributed by atoms with Crippen LogP contribution in [-0.2, 0) is 11.2 Å². The maximum Gasteiger partial charge on any atom is 0.234 e. The Bertz CT molecular complexity index is 910. The molecule has 0 atom stereocenters. The van der Waals surface area contributed by atoms with Crippen molar-refractivity contribution in [1.29, 1.82) is 0 Å². The third kappa shape index (κ3) is 4.17. The fourth-order valence-electron chi connectivity index (χ4n) is 2.35. The first-order chi connectivity index (χ1) is 12.6. The Morgan fingerprint density at radius 1 is 1.19 bits per heavy atom. The summed E-state index contributed by atoms with van der Waals surface area (Å²) < 4.78 is 1.34. The molecule has 2 aromatic carbocycles. The van der Waals surface area contributed by atoms with Gasteiger partial charge in [0.15, 0.2) is 5.82 Å². The van der Waals surface area contributed by atoms with Gasteiger partial charge < -0.3 is 11.2 Å². The van der Waals surface area contributed by atoms with Gasteiger partial charge in [0.05, 0.1) is 10.8 Å². The maximum absolute atomic E-state index is 12.1. The summed E-state index contributed by atoms with van der Waals surface area (Å²) in [7, 11) is 0. The van der Waals surface area contributed by atoms with Crippen LogP contribution in [0.1, 0.15) is 12.5 Å². The van der Waals surface area contributed by atoms with Gasteiger partial charge in [-0.25, -0.2) is 4.68 Å². The van der Waals surface area contributed by atoms with Crippen molar-refractivity contribution in [2.75, 3.05) is 16.9 Å². The van der Waals surface area contributed by atoms with Crippen molar-refractivity contribution < 1.29 is 4.79 Å². The van der Waals surface area contributed by atoms with Gasteiger partial charge in [-0.15, -0.1) is 10.2 Å². The van der Waals surface area contributed by atoms with Gasteiger partial charge in [-0.2, -0.15) is 0 Å². The van der Waals surface area contributed by atoms with E-state index in [9.17, 15) is 4.79 Å². The van der Waals surface area contributed by atoms with Crippen LogP contribution in [0.15, 0.2) is 53.7 Å². The number of amides is 1. The van der Waals surface area contributed by atoms with E-state index >= 15 is 0 Å². The topological polar surface area (TPSA) is 85.8 Å². The molecule has 134 valence electrons. The van der Waals surface area contributed by atoms with Crippen LogP contribution < -0.4 is 11.2 Å². The minimum Gasteiger partial charge on any atom is -0.335 e. The zero-order chi connectivity index (χ0) is 18.5. The van der Waals surface area contributed by atoms with Gasteiger partial charge in [0, 0.05) is 11.3 Å². The van der Waals surface area contributed by atoms with Crippen molar-refractivity contribution in [3.8, 4) is 11.4 Å². The number of hydrogen-bond donors (Lipinski definition) is 2. The molecule has 0 saturated heterocycles. The Hall–Kier alpha value is -2.51. The number of aromatic nitrogens is 3. The Morgan fingerprint density at radius 3 is 2.62 bits per heavy atom. The second-order valence-corrected chi connectivity index (χ2v) is 6.89. The van der Waals surface area contributed by atoms with Gasteiger partial charge in [0.1, 0.15) is 0 Å². The molecule has 8 heteroatoms. The summed E-state index contributed by atoms with van der Waals surface area (Å²) in [4.78, 5) is 12.1. The van der Waals surface area contributed by atoms with Gasteiger partial charge in [-0.1, -0.05) is 54.6 Å². The number of benzene rings is 2. The van der Waals surface area contributed by atoms with Gasteiger partial charge in [-0.3, -0.25) is 4.79 Å². The van der Waals surface area contributed by atoms with Gasteiger partial charge in [-0.05, 0) is 36.2 Å². The lowest BCUT2D eigenvalue weighted by atomic mass is 10.1. The predicted octanol–water partition coefficient (Wildman–Crippen LogP) is 3.61.